The number of carbonyl (C=O) groups excluding carboxylic acids is 2. The van der Waals surface area contributed by atoms with Gasteiger partial charge in [0, 0.05) is 26.5 Å². The van der Waals surface area contributed by atoms with Crippen molar-refractivity contribution in [2.24, 2.45) is 5.16 Å². The zero-order valence-electron chi connectivity index (χ0n) is 18.2. The van der Waals surface area contributed by atoms with E-state index in [1.54, 1.807) is 36.2 Å². The molecule has 2 aliphatic rings. The second-order valence-electron chi connectivity index (χ2n) is 7.54. The van der Waals surface area contributed by atoms with Crippen LogP contribution < -0.4 is 0 Å². The molecule has 1 saturated heterocycles. The van der Waals surface area contributed by atoms with Gasteiger partial charge in [-0.15, -0.1) is 5.10 Å². The Kier molecular flexibility index (Phi) is 8.31. The third-order valence-electron chi connectivity index (χ3n) is 4.92. The molecule has 0 aromatic carbocycles. The fourth-order valence-corrected chi connectivity index (χ4v) is 3.24. The fraction of sp³-hybridized carbons (Fsp3) is 0.650. The van der Waals surface area contributed by atoms with Gasteiger partial charge in [-0.3, -0.25) is 9.59 Å². The van der Waals surface area contributed by atoms with Gasteiger partial charge in [-0.2, -0.15) is 0 Å². The first-order valence-electron chi connectivity index (χ1n) is 10.3. The molecule has 1 aromatic rings. The van der Waals surface area contributed by atoms with E-state index in [2.05, 4.69) is 15.5 Å². The maximum atomic E-state index is 11.3. The van der Waals surface area contributed by atoms with Crippen LogP contribution in [-0.4, -0.2) is 82.5 Å². The molecule has 3 heterocycles. The Labute approximate surface area is 185 Å². The lowest BCUT2D eigenvalue weighted by Crippen LogP contribution is -2.41. The third-order valence-corrected chi connectivity index (χ3v) is 4.92. The van der Waals surface area contributed by atoms with Crippen LogP contribution in [0.1, 0.15) is 45.0 Å². The van der Waals surface area contributed by atoms with E-state index in [4.69, 9.17) is 23.8 Å². The van der Waals surface area contributed by atoms with Gasteiger partial charge in [-0.25, -0.2) is 4.68 Å². The van der Waals surface area contributed by atoms with E-state index in [1.807, 2.05) is 0 Å². The molecule has 0 aliphatic carbocycles. The molecular formula is C20H28N4O8. The fourth-order valence-electron chi connectivity index (χ4n) is 3.24. The molecule has 32 heavy (non-hydrogen) atoms. The molecule has 12 nitrogen and oxygen atoms in total. The van der Waals surface area contributed by atoms with Gasteiger partial charge in [-0.1, -0.05) is 16.4 Å². The molecule has 0 radical (unpaired) electrons. The van der Waals surface area contributed by atoms with Crippen molar-refractivity contribution >= 4 is 18.2 Å². The quantitative estimate of drug-likeness (QED) is 0.243. The topological polar surface area (TPSA) is 144 Å². The number of aromatic nitrogens is 3. The number of rotatable bonds is 9. The zero-order valence-corrected chi connectivity index (χ0v) is 18.2. The molecule has 1 fully saturated rings. The number of hydrogen-bond donors (Lipinski definition) is 1. The highest BCUT2D eigenvalue weighted by atomic mass is 16.6. The highest BCUT2D eigenvalue weighted by Gasteiger charge is 2.31. The van der Waals surface area contributed by atoms with Crippen molar-refractivity contribution in [3.63, 3.8) is 0 Å². The third kappa shape index (κ3) is 6.58. The SMILES string of the molecule is CC(=O)OC[C@H]1O[C@H](C/C=N/O[C@H](C)c2cn([C@@H]3COC[C@H]3O)nn2)C=C[C@@H]1OC(C)=O. The summed E-state index contributed by atoms with van der Waals surface area (Å²) in [6.07, 6.45) is 4.44. The van der Waals surface area contributed by atoms with Crippen molar-refractivity contribution in [2.75, 3.05) is 19.8 Å². The predicted molar refractivity (Wildman–Crippen MR) is 108 cm³/mol. The summed E-state index contributed by atoms with van der Waals surface area (Å²) in [5, 5.41) is 22.0. The van der Waals surface area contributed by atoms with Crippen LogP contribution in [0.25, 0.3) is 0 Å². The van der Waals surface area contributed by atoms with E-state index in [9.17, 15) is 14.7 Å². The maximum Gasteiger partial charge on any atom is 0.303 e. The monoisotopic (exact) mass is 452 g/mol. The van der Waals surface area contributed by atoms with Crippen LogP contribution >= 0.6 is 0 Å². The van der Waals surface area contributed by atoms with E-state index in [-0.39, 0.29) is 25.4 Å². The zero-order chi connectivity index (χ0) is 23.1. The van der Waals surface area contributed by atoms with Gasteiger partial charge in [0.2, 0.25) is 0 Å². The molecule has 0 bridgehead atoms. The first-order chi connectivity index (χ1) is 15.3. The van der Waals surface area contributed by atoms with E-state index < -0.39 is 36.4 Å². The highest BCUT2D eigenvalue weighted by Crippen LogP contribution is 2.22. The molecule has 0 unspecified atom stereocenters. The highest BCUT2D eigenvalue weighted by molar-refractivity contribution is 5.67. The number of aliphatic hydroxyl groups excluding tert-OH is 1. The van der Waals surface area contributed by atoms with E-state index in [1.165, 1.54) is 13.8 Å². The van der Waals surface area contributed by atoms with Crippen LogP contribution in [-0.2, 0) is 33.4 Å². The smallest absolute Gasteiger partial charge is 0.303 e. The van der Waals surface area contributed by atoms with Crippen LogP contribution in [0, 0.1) is 0 Å². The lowest BCUT2D eigenvalue weighted by molar-refractivity contribution is -0.163. The van der Waals surface area contributed by atoms with Crippen LogP contribution in [0.5, 0.6) is 0 Å². The molecule has 12 heteroatoms. The molecule has 3 rings (SSSR count). The summed E-state index contributed by atoms with van der Waals surface area (Å²) in [7, 11) is 0. The summed E-state index contributed by atoms with van der Waals surface area (Å²) in [6.45, 7) is 5.00. The van der Waals surface area contributed by atoms with E-state index >= 15 is 0 Å². The van der Waals surface area contributed by atoms with Crippen molar-refractivity contribution in [3.8, 4) is 0 Å². The molecular weight excluding hydrogens is 424 g/mol. The first kappa shape index (κ1) is 23.8. The summed E-state index contributed by atoms with van der Waals surface area (Å²) in [5.41, 5.74) is 0.570. The van der Waals surface area contributed by atoms with E-state index in [0.717, 1.165) is 0 Å². The summed E-state index contributed by atoms with van der Waals surface area (Å²) in [5.74, 6) is -0.900. The summed E-state index contributed by atoms with van der Waals surface area (Å²) in [4.78, 5) is 27.8. The van der Waals surface area contributed by atoms with Gasteiger partial charge in [0.15, 0.2) is 6.10 Å². The Morgan fingerprint density at radius 1 is 1.34 bits per heavy atom. The number of hydrogen-bond acceptors (Lipinski definition) is 11. The van der Waals surface area contributed by atoms with Gasteiger partial charge in [-0.05, 0) is 13.0 Å². The maximum absolute atomic E-state index is 11.3. The Hall–Kier alpha value is -2.83. The second-order valence-corrected chi connectivity index (χ2v) is 7.54. The van der Waals surface area contributed by atoms with Crippen molar-refractivity contribution in [3.05, 3.63) is 24.0 Å². The van der Waals surface area contributed by atoms with Crippen molar-refractivity contribution in [2.45, 2.75) is 63.8 Å². The molecule has 2 aliphatic heterocycles. The van der Waals surface area contributed by atoms with Crippen LogP contribution in [0.15, 0.2) is 23.5 Å². The van der Waals surface area contributed by atoms with Gasteiger partial charge in [0.05, 0.1) is 25.5 Å². The molecule has 1 N–H and O–H groups in total. The molecule has 1 aromatic heterocycles. The average molecular weight is 452 g/mol. The van der Waals surface area contributed by atoms with Crippen LogP contribution in [0.2, 0.25) is 0 Å². The Balaban J connectivity index is 1.49. The summed E-state index contributed by atoms with van der Waals surface area (Å²) in [6, 6.07) is -0.266. The molecule has 0 spiro atoms. The Morgan fingerprint density at radius 3 is 2.84 bits per heavy atom. The van der Waals surface area contributed by atoms with Gasteiger partial charge in [0.1, 0.15) is 36.7 Å². The normalized spacial score (nSPS) is 28.6. The number of nitrogens with zero attached hydrogens (tertiary/aromatic N) is 4. The standard InChI is InChI=1S/C20H28N4O8/c1-12(16-8-24(23-22-16)17-9-28-10-18(17)27)32-21-7-6-15-4-5-19(30-14(3)26)20(31-15)11-29-13(2)25/h4-5,7-8,12,15,17-20,27H,6,9-11H2,1-3H3/b21-7+/t12-,15+,17-,18-,19+,20-/m1/s1. The van der Waals surface area contributed by atoms with E-state index in [0.29, 0.717) is 18.7 Å². The van der Waals surface area contributed by atoms with Crippen LogP contribution in [0.4, 0.5) is 0 Å². The van der Waals surface area contributed by atoms with Crippen LogP contribution in [0.3, 0.4) is 0 Å². The lowest BCUT2D eigenvalue weighted by Gasteiger charge is -2.31. The predicted octanol–water partition coefficient (Wildman–Crippen LogP) is 0.482. The number of carbonyl (C=O) groups is 2. The Morgan fingerprint density at radius 2 is 2.16 bits per heavy atom. The minimum absolute atomic E-state index is 0.0326. The van der Waals surface area contributed by atoms with Crippen molar-refractivity contribution < 1.29 is 38.5 Å². The average Bonchev–Trinajstić information content (AvgIpc) is 3.39. The van der Waals surface area contributed by atoms with Gasteiger partial charge >= 0.3 is 11.9 Å². The minimum atomic E-state index is -0.636. The number of esters is 2. The molecule has 6 atom stereocenters. The first-order valence-corrected chi connectivity index (χ1v) is 10.3. The largest absolute Gasteiger partial charge is 0.463 e. The molecule has 0 saturated carbocycles. The molecule has 0 amide bonds. The van der Waals surface area contributed by atoms with Crippen molar-refractivity contribution in [1.82, 2.24) is 15.0 Å². The molecule has 176 valence electrons. The Bertz CT molecular complexity index is 841. The number of aliphatic hydroxyl groups is 1. The summed E-state index contributed by atoms with van der Waals surface area (Å²) < 4.78 is 22.9. The minimum Gasteiger partial charge on any atom is -0.463 e. The van der Waals surface area contributed by atoms with Gasteiger partial charge in [0.25, 0.3) is 0 Å². The van der Waals surface area contributed by atoms with Gasteiger partial charge < -0.3 is 28.9 Å². The van der Waals surface area contributed by atoms with Crippen molar-refractivity contribution in [1.29, 1.82) is 0 Å². The number of ether oxygens (including phenoxy) is 4. The lowest BCUT2D eigenvalue weighted by atomic mass is 10.1. The number of oxime groups is 1. The summed E-state index contributed by atoms with van der Waals surface area (Å²) >= 11 is 0. The second kappa shape index (κ2) is 11.2.